The van der Waals surface area contributed by atoms with Gasteiger partial charge in [-0.3, -0.25) is 4.79 Å². The summed E-state index contributed by atoms with van der Waals surface area (Å²) in [5.41, 5.74) is 5.93. The van der Waals surface area contributed by atoms with Crippen LogP contribution < -0.4 is 11.1 Å². The van der Waals surface area contributed by atoms with Gasteiger partial charge in [0.05, 0.1) is 0 Å². The summed E-state index contributed by atoms with van der Waals surface area (Å²) in [7, 11) is 0. The van der Waals surface area contributed by atoms with Gasteiger partial charge in [0.15, 0.2) is 5.82 Å². The number of piperidine rings is 1. The molecule has 102 valence electrons. The zero-order chi connectivity index (χ0) is 13.7. The van der Waals surface area contributed by atoms with E-state index in [0.29, 0.717) is 23.5 Å². The van der Waals surface area contributed by atoms with E-state index < -0.39 is 0 Å². The standard InChI is InChI=1S/C12H17N5OS/c13-8-9-11(14)16-19-12(9)15-5-4-10(18)17-6-2-1-3-7-17/h15H,1-7H2,(H2,14,16). The predicted molar refractivity (Wildman–Crippen MR) is 74.8 cm³/mol. The van der Waals surface area contributed by atoms with Crippen molar-refractivity contribution in [2.75, 3.05) is 30.7 Å². The first kappa shape index (κ1) is 13.6. The molecule has 0 spiro atoms. The maximum absolute atomic E-state index is 11.9. The molecule has 1 aromatic heterocycles. The molecule has 6 nitrogen and oxygen atoms in total. The summed E-state index contributed by atoms with van der Waals surface area (Å²) in [5.74, 6) is 0.417. The number of hydrogen-bond donors (Lipinski definition) is 2. The van der Waals surface area contributed by atoms with Crippen LogP contribution in [0.5, 0.6) is 0 Å². The fourth-order valence-electron chi connectivity index (χ4n) is 2.12. The molecule has 3 N–H and O–H groups in total. The normalized spacial score (nSPS) is 15.0. The van der Waals surface area contributed by atoms with Gasteiger partial charge in [0.2, 0.25) is 5.91 Å². The first-order valence-electron chi connectivity index (χ1n) is 6.39. The van der Waals surface area contributed by atoms with Crippen molar-refractivity contribution >= 4 is 28.3 Å². The van der Waals surface area contributed by atoms with Gasteiger partial charge in [-0.25, -0.2) is 0 Å². The number of likely N-dealkylation sites (tertiary alicyclic amines) is 1. The number of rotatable bonds is 4. The molecule has 0 radical (unpaired) electrons. The lowest BCUT2D eigenvalue weighted by atomic mass is 10.1. The molecule has 0 unspecified atom stereocenters. The maximum atomic E-state index is 11.9. The van der Waals surface area contributed by atoms with E-state index in [1.807, 2.05) is 11.0 Å². The van der Waals surface area contributed by atoms with Gasteiger partial charge >= 0.3 is 0 Å². The van der Waals surface area contributed by atoms with Crippen molar-refractivity contribution < 1.29 is 4.79 Å². The molecule has 2 heterocycles. The summed E-state index contributed by atoms with van der Waals surface area (Å²) >= 11 is 1.15. The Morgan fingerprint density at radius 1 is 1.47 bits per heavy atom. The smallest absolute Gasteiger partial charge is 0.224 e. The van der Waals surface area contributed by atoms with E-state index in [4.69, 9.17) is 11.0 Å². The SMILES string of the molecule is N#Cc1c(N)nsc1NCCC(=O)N1CCCCC1. The third-order valence-electron chi connectivity index (χ3n) is 3.16. The van der Waals surface area contributed by atoms with E-state index in [0.717, 1.165) is 37.5 Å². The highest BCUT2D eigenvalue weighted by molar-refractivity contribution is 7.10. The van der Waals surface area contributed by atoms with Gasteiger partial charge in [0.25, 0.3) is 0 Å². The van der Waals surface area contributed by atoms with Crippen LogP contribution in [0.3, 0.4) is 0 Å². The summed E-state index contributed by atoms with van der Waals surface area (Å²) in [6.45, 7) is 2.25. The number of nitrogen functional groups attached to an aromatic ring is 1. The zero-order valence-electron chi connectivity index (χ0n) is 10.7. The molecule has 1 amide bonds. The van der Waals surface area contributed by atoms with E-state index in [1.54, 1.807) is 0 Å². The van der Waals surface area contributed by atoms with E-state index >= 15 is 0 Å². The van der Waals surface area contributed by atoms with Gasteiger partial charge in [0.1, 0.15) is 16.6 Å². The molecule has 7 heteroatoms. The molecule has 0 bridgehead atoms. The maximum Gasteiger partial charge on any atom is 0.224 e. The lowest BCUT2D eigenvalue weighted by Crippen LogP contribution is -2.36. The minimum atomic E-state index is 0.170. The van der Waals surface area contributed by atoms with E-state index in [-0.39, 0.29) is 11.7 Å². The number of amides is 1. The van der Waals surface area contributed by atoms with Gasteiger partial charge in [-0.2, -0.15) is 9.64 Å². The number of aromatic nitrogens is 1. The van der Waals surface area contributed by atoms with E-state index in [9.17, 15) is 4.79 Å². The number of anilines is 2. The van der Waals surface area contributed by atoms with Crippen molar-refractivity contribution in [3.63, 3.8) is 0 Å². The molecule has 1 saturated heterocycles. The molecule has 2 rings (SSSR count). The largest absolute Gasteiger partial charge is 0.382 e. The van der Waals surface area contributed by atoms with Crippen molar-refractivity contribution in [3.8, 4) is 6.07 Å². The number of hydrogen-bond acceptors (Lipinski definition) is 6. The Hall–Kier alpha value is -1.81. The molecular weight excluding hydrogens is 262 g/mol. The number of nitriles is 1. The first-order chi connectivity index (χ1) is 9.22. The van der Waals surface area contributed by atoms with Crippen molar-refractivity contribution in [3.05, 3.63) is 5.56 Å². The molecule has 0 saturated carbocycles. The number of carbonyl (C=O) groups excluding carboxylic acids is 1. The first-order valence-corrected chi connectivity index (χ1v) is 7.16. The number of nitrogens with zero attached hydrogens (tertiary/aromatic N) is 3. The minimum absolute atomic E-state index is 0.170. The molecule has 1 aliphatic heterocycles. The van der Waals surface area contributed by atoms with Crippen LogP contribution in [0.15, 0.2) is 0 Å². The van der Waals surface area contributed by atoms with E-state index in [1.165, 1.54) is 6.42 Å². The molecule has 0 aliphatic carbocycles. The zero-order valence-corrected chi connectivity index (χ0v) is 11.5. The fraction of sp³-hybridized carbons (Fsp3) is 0.583. The topological polar surface area (TPSA) is 95.0 Å². The Kier molecular flexibility index (Phi) is 4.58. The predicted octanol–water partition coefficient (Wildman–Crippen LogP) is 1.41. The summed E-state index contributed by atoms with van der Waals surface area (Å²) in [6, 6.07) is 2.01. The van der Waals surface area contributed by atoms with E-state index in [2.05, 4.69) is 9.69 Å². The average Bonchev–Trinajstić information content (AvgIpc) is 2.80. The lowest BCUT2D eigenvalue weighted by Gasteiger charge is -2.26. The second-order valence-electron chi connectivity index (χ2n) is 4.50. The molecule has 0 aromatic carbocycles. The van der Waals surface area contributed by atoms with Crippen molar-refractivity contribution in [1.82, 2.24) is 9.27 Å². The van der Waals surface area contributed by atoms with Gasteiger partial charge in [-0.15, -0.1) is 0 Å². The summed E-state index contributed by atoms with van der Waals surface area (Å²) < 4.78 is 3.91. The Balaban J connectivity index is 1.80. The van der Waals surface area contributed by atoms with Crippen molar-refractivity contribution in [1.29, 1.82) is 5.26 Å². The third kappa shape index (κ3) is 3.35. The van der Waals surface area contributed by atoms with Crippen LogP contribution in [0.1, 0.15) is 31.2 Å². The van der Waals surface area contributed by atoms with Crippen LogP contribution in [-0.4, -0.2) is 34.8 Å². The van der Waals surface area contributed by atoms with Gasteiger partial charge in [-0.1, -0.05) is 0 Å². The quantitative estimate of drug-likeness (QED) is 0.869. The Morgan fingerprint density at radius 2 is 2.21 bits per heavy atom. The van der Waals surface area contributed by atoms with Crippen LogP contribution in [0.4, 0.5) is 10.8 Å². The van der Waals surface area contributed by atoms with Crippen LogP contribution in [-0.2, 0) is 4.79 Å². The van der Waals surface area contributed by atoms with Crippen LogP contribution in [0, 0.1) is 11.3 Å². The Bertz CT molecular complexity index is 487. The molecular formula is C12H17N5OS. The Morgan fingerprint density at radius 3 is 2.89 bits per heavy atom. The van der Waals surface area contributed by atoms with Crippen molar-refractivity contribution in [2.24, 2.45) is 0 Å². The summed E-state index contributed by atoms with van der Waals surface area (Å²) in [5, 5.41) is 12.6. The number of carbonyl (C=O) groups is 1. The Labute approximate surface area is 116 Å². The van der Waals surface area contributed by atoms with Crippen LogP contribution in [0.25, 0.3) is 0 Å². The molecule has 1 aliphatic rings. The fourth-order valence-corrected chi connectivity index (χ4v) is 2.80. The van der Waals surface area contributed by atoms with Crippen LogP contribution >= 0.6 is 11.5 Å². The summed E-state index contributed by atoms with van der Waals surface area (Å²) in [4.78, 5) is 13.8. The highest BCUT2D eigenvalue weighted by Crippen LogP contribution is 2.25. The third-order valence-corrected chi connectivity index (χ3v) is 3.98. The highest BCUT2D eigenvalue weighted by atomic mass is 32.1. The second-order valence-corrected chi connectivity index (χ2v) is 5.28. The van der Waals surface area contributed by atoms with Gasteiger partial charge < -0.3 is 16.0 Å². The molecule has 19 heavy (non-hydrogen) atoms. The number of nitrogens with one attached hydrogen (secondary N) is 1. The lowest BCUT2D eigenvalue weighted by molar-refractivity contribution is -0.131. The molecule has 1 aromatic rings. The monoisotopic (exact) mass is 279 g/mol. The van der Waals surface area contributed by atoms with Crippen molar-refractivity contribution in [2.45, 2.75) is 25.7 Å². The molecule has 0 atom stereocenters. The van der Waals surface area contributed by atoms with Crippen LogP contribution in [0.2, 0.25) is 0 Å². The second kappa shape index (κ2) is 6.38. The van der Waals surface area contributed by atoms with Gasteiger partial charge in [-0.05, 0) is 30.8 Å². The molecule has 1 fully saturated rings. The number of nitrogens with two attached hydrogens (primary N) is 1. The minimum Gasteiger partial charge on any atom is -0.382 e. The van der Waals surface area contributed by atoms with Gasteiger partial charge in [0, 0.05) is 26.1 Å². The summed E-state index contributed by atoms with van der Waals surface area (Å²) in [6.07, 6.45) is 3.85. The highest BCUT2D eigenvalue weighted by Gasteiger charge is 2.16. The average molecular weight is 279 g/mol.